The molecule has 0 saturated heterocycles. The van der Waals surface area contributed by atoms with Gasteiger partial charge in [-0.2, -0.15) is 0 Å². The van der Waals surface area contributed by atoms with Crippen LogP contribution in [0.25, 0.3) is 5.82 Å². The molecule has 0 aliphatic heterocycles. The topological polar surface area (TPSA) is 86.4 Å². The summed E-state index contributed by atoms with van der Waals surface area (Å²) in [5.74, 6) is 0.787. The first-order valence-corrected chi connectivity index (χ1v) is 7.90. The Hall–Kier alpha value is -2.57. The van der Waals surface area contributed by atoms with E-state index < -0.39 is 0 Å². The van der Waals surface area contributed by atoms with Crippen LogP contribution in [0.5, 0.6) is 0 Å². The number of carbonyl (C=O) groups is 2. The quantitative estimate of drug-likeness (QED) is 0.821. The normalized spacial score (nSPS) is 10.9. The van der Waals surface area contributed by atoms with Crippen molar-refractivity contribution in [3.8, 4) is 5.82 Å². The monoisotopic (exact) mass is 333 g/mol. The zero-order valence-electron chi connectivity index (χ0n) is 14.7. The van der Waals surface area contributed by atoms with Gasteiger partial charge in [-0.05, 0) is 40.7 Å². The number of amides is 1. The number of esters is 1. The number of hydrogen-bond donors (Lipinski definition) is 1. The second-order valence-corrected chi connectivity index (χ2v) is 5.96. The first-order valence-electron chi connectivity index (χ1n) is 7.90. The van der Waals surface area contributed by atoms with Crippen molar-refractivity contribution in [2.24, 2.45) is 0 Å². The molecule has 1 amide bonds. The molecule has 0 saturated carbocycles. The van der Waals surface area contributed by atoms with Gasteiger partial charge >= 0.3 is 5.97 Å². The maximum absolute atomic E-state index is 12.4. The molecule has 0 fully saturated rings. The van der Waals surface area contributed by atoms with Gasteiger partial charge in [-0.15, -0.1) is 0 Å². The molecule has 0 aliphatic carbocycles. The van der Waals surface area contributed by atoms with E-state index in [-0.39, 0.29) is 30.9 Å². The molecule has 24 heavy (non-hydrogen) atoms. The molecule has 0 aromatic carbocycles. The first-order chi connectivity index (χ1) is 11.3. The third-order valence-corrected chi connectivity index (χ3v) is 3.50. The summed E-state index contributed by atoms with van der Waals surface area (Å²) in [6.45, 7) is 9.37. The molecule has 1 N–H and O–H groups in total. The van der Waals surface area contributed by atoms with Crippen molar-refractivity contribution in [3.05, 3.63) is 34.8 Å². The molecule has 0 spiro atoms. The molecule has 2 heterocycles. The smallest absolute Gasteiger partial charge is 0.307 e. The fraction of sp³-hybridized carbons (Fsp3) is 0.471. The molecular formula is C17H23N3O4. The number of carbonyl (C=O) groups excluding carboxylic acids is 2. The molecule has 7 nitrogen and oxygen atoms in total. The number of ether oxygens (including phenoxy) is 1. The minimum absolute atomic E-state index is 0.144. The predicted molar refractivity (Wildman–Crippen MR) is 88.2 cm³/mol. The van der Waals surface area contributed by atoms with E-state index in [1.165, 1.54) is 0 Å². The molecule has 2 aromatic rings. The van der Waals surface area contributed by atoms with Crippen LogP contribution in [0, 0.1) is 20.8 Å². The number of aromatic nitrogens is 2. The highest BCUT2D eigenvalue weighted by Crippen LogP contribution is 2.20. The van der Waals surface area contributed by atoms with E-state index in [1.807, 2.05) is 31.4 Å². The minimum Gasteiger partial charge on any atom is -0.463 e. The summed E-state index contributed by atoms with van der Waals surface area (Å²) in [6.07, 6.45) is -0.0106. The number of hydrogen-bond acceptors (Lipinski definition) is 5. The molecule has 0 atom stereocenters. The maximum atomic E-state index is 12.4. The van der Waals surface area contributed by atoms with E-state index in [0.717, 1.165) is 11.4 Å². The standard InChI is InChI=1S/C17H23N3O4/c1-10(2)23-16(21)6-7-18-17(22)14-8-11(3)20(13(14)5)15-9-12(4)24-19-15/h8-10H,6-7H2,1-5H3,(H,18,22). The lowest BCUT2D eigenvalue weighted by atomic mass is 10.2. The Morgan fingerprint density at radius 3 is 2.58 bits per heavy atom. The third kappa shape index (κ3) is 4.04. The fourth-order valence-electron chi connectivity index (χ4n) is 2.50. The first kappa shape index (κ1) is 17.8. The summed E-state index contributed by atoms with van der Waals surface area (Å²) >= 11 is 0. The molecule has 2 rings (SSSR count). The Morgan fingerprint density at radius 1 is 1.29 bits per heavy atom. The summed E-state index contributed by atoms with van der Waals surface area (Å²) in [5, 5.41) is 6.73. The lowest BCUT2D eigenvalue weighted by molar-refractivity contribution is -0.147. The molecule has 0 radical (unpaired) electrons. The van der Waals surface area contributed by atoms with Gasteiger partial charge in [-0.1, -0.05) is 5.16 Å². The Balaban J connectivity index is 2.04. The SMILES string of the molecule is Cc1cc(-n2c(C)cc(C(=O)NCCC(=O)OC(C)C)c2C)no1. The summed E-state index contributed by atoms with van der Waals surface area (Å²) in [4.78, 5) is 23.8. The van der Waals surface area contributed by atoms with Gasteiger partial charge < -0.3 is 14.6 Å². The van der Waals surface area contributed by atoms with Crippen molar-refractivity contribution in [2.75, 3.05) is 6.54 Å². The Morgan fingerprint density at radius 2 is 2.00 bits per heavy atom. The lowest BCUT2D eigenvalue weighted by Crippen LogP contribution is -2.27. The van der Waals surface area contributed by atoms with Crippen LogP contribution in [0.4, 0.5) is 0 Å². The van der Waals surface area contributed by atoms with Crippen LogP contribution in [0.3, 0.4) is 0 Å². The van der Waals surface area contributed by atoms with E-state index in [2.05, 4.69) is 10.5 Å². The molecule has 0 aliphatic rings. The van der Waals surface area contributed by atoms with Crippen molar-refractivity contribution >= 4 is 11.9 Å². The van der Waals surface area contributed by atoms with Crippen LogP contribution in [0.1, 0.15) is 47.8 Å². The van der Waals surface area contributed by atoms with Crippen LogP contribution in [0.15, 0.2) is 16.7 Å². The van der Waals surface area contributed by atoms with Crippen molar-refractivity contribution < 1.29 is 18.8 Å². The highest BCUT2D eigenvalue weighted by atomic mass is 16.5. The zero-order chi connectivity index (χ0) is 17.9. The van der Waals surface area contributed by atoms with Crippen LogP contribution in [-0.2, 0) is 9.53 Å². The van der Waals surface area contributed by atoms with E-state index in [9.17, 15) is 9.59 Å². The zero-order valence-corrected chi connectivity index (χ0v) is 14.7. The van der Waals surface area contributed by atoms with Gasteiger partial charge in [0.2, 0.25) is 0 Å². The summed E-state index contributed by atoms with van der Waals surface area (Å²) in [6, 6.07) is 3.60. The molecule has 0 bridgehead atoms. The molecule has 0 unspecified atom stereocenters. The van der Waals surface area contributed by atoms with Crippen molar-refractivity contribution in [1.29, 1.82) is 0 Å². The summed E-state index contributed by atoms with van der Waals surface area (Å²) in [5.41, 5.74) is 2.19. The largest absolute Gasteiger partial charge is 0.463 e. The van der Waals surface area contributed by atoms with E-state index in [4.69, 9.17) is 9.26 Å². The van der Waals surface area contributed by atoms with Gasteiger partial charge in [0.25, 0.3) is 5.91 Å². The van der Waals surface area contributed by atoms with Gasteiger partial charge in [-0.3, -0.25) is 14.2 Å². The average Bonchev–Trinajstić information content (AvgIpc) is 3.01. The number of nitrogens with one attached hydrogen (secondary N) is 1. The summed E-state index contributed by atoms with van der Waals surface area (Å²) < 4.78 is 12.0. The Kier molecular flexibility index (Phi) is 5.43. The number of nitrogens with zero attached hydrogens (tertiary/aromatic N) is 2. The second kappa shape index (κ2) is 7.33. The van der Waals surface area contributed by atoms with E-state index in [0.29, 0.717) is 17.1 Å². The number of aryl methyl sites for hydroxylation is 2. The number of rotatable bonds is 6. The molecule has 2 aromatic heterocycles. The average molecular weight is 333 g/mol. The third-order valence-electron chi connectivity index (χ3n) is 3.50. The maximum Gasteiger partial charge on any atom is 0.307 e. The molecule has 130 valence electrons. The van der Waals surface area contributed by atoms with Crippen LogP contribution in [0.2, 0.25) is 0 Å². The van der Waals surface area contributed by atoms with Crippen molar-refractivity contribution in [3.63, 3.8) is 0 Å². The Bertz CT molecular complexity index is 743. The van der Waals surface area contributed by atoms with Gasteiger partial charge in [0.15, 0.2) is 5.82 Å². The highest BCUT2D eigenvalue weighted by molar-refractivity contribution is 5.96. The van der Waals surface area contributed by atoms with Crippen LogP contribution in [-0.4, -0.2) is 34.2 Å². The van der Waals surface area contributed by atoms with Gasteiger partial charge in [0.05, 0.1) is 18.1 Å². The van der Waals surface area contributed by atoms with Crippen LogP contribution < -0.4 is 5.32 Å². The van der Waals surface area contributed by atoms with Gasteiger partial charge in [-0.25, -0.2) is 0 Å². The van der Waals surface area contributed by atoms with Gasteiger partial charge in [0, 0.05) is 24.0 Å². The molecule has 7 heteroatoms. The van der Waals surface area contributed by atoms with E-state index in [1.54, 1.807) is 19.9 Å². The van der Waals surface area contributed by atoms with Crippen molar-refractivity contribution in [2.45, 2.75) is 47.1 Å². The lowest BCUT2D eigenvalue weighted by Gasteiger charge is -2.09. The second-order valence-electron chi connectivity index (χ2n) is 5.96. The Labute approximate surface area is 141 Å². The molecular weight excluding hydrogens is 310 g/mol. The minimum atomic E-state index is -0.325. The predicted octanol–water partition coefficient (Wildman–Crippen LogP) is 2.46. The summed E-state index contributed by atoms with van der Waals surface area (Å²) in [7, 11) is 0. The van der Waals surface area contributed by atoms with E-state index >= 15 is 0 Å². The highest BCUT2D eigenvalue weighted by Gasteiger charge is 2.18. The fourth-order valence-corrected chi connectivity index (χ4v) is 2.50. The van der Waals surface area contributed by atoms with Crippen LogP contribution >= 0.6 is 0 Å². The van der Waals surface area contributed by atoms with Gasteiger partial charge in [0.1, 0.15) is 5.76 Å². The van der Waals surface area contributed by atoms with Crippen molar-refractivity contribution in [1.82, 2.24) is 15.0 Å².